The number of benzene rings is 1. The third-order valence-corrected chi connectivity index (χ3v) is 4.20. The molecule has 2 aromatic heterocycles. The molecule has 0 saturated carbocycles. The molecule has 148 valence electrons. The van der Waals surface area contributed by atoms with E-state index in [1.807, 2.05) is 12.1 Å². The Morgan fingerprint density at radius 1 is 1.21 bits per heavy atom. The van der Waals surface area contributed by atoms with Crippen molar-refractivity contribution < 1.29 is 4.39 Å². The molecular formula is C19H21ClFIN6. The second-order valence-corrected chi connectivity index (χ2v) is 6.23. The Morgan fingerprint density at radius 3 is 2.68 bits per heavy atom. The molecule has 2 heterocycles. The third kappa shape index (κ3) is 6.16. The van der Waals surface area contributed by atoms with Gasteiger partial charge in [0, 0.05) is 38.7 Å². The van der Waals surface area contributed by atoms with Crippen LogP contribution in [0.15, 0.2) is 60.2 Å². The van der Waals surface area contributed by atoms with Crippen molar-refractivity contribution in [3.8, 4) is 5.69 Å². The number of halogens is 3. The van der Waals surface area contributed by atoms with Crippen LogP contribution in [0.2, 0.25) is 5.15 Å². The monoisotopic (exact) mass is 514 g/mol. The summed E-state index contributed by atoms with van der Waals surface area (Å²) in [5.74, 6) is 0.349. The Morgan fingerprint density at radius 2 is 2.04 bits per heavy atom. The summed E-state index contributed by atoms with van der Waals surface area (Å²) in [6, 6.07) is 8.83. The fourth-order valence-electron chi connectivity index (χ4n) is 2.56. The first-order valence-corrected chi connectivity index (χ1v) is 8.85. The third-order valence-electron chi connectivity index (χ3n) is 3.97. The van der Waals surface area contributed by atoms with E-state index in [1.165, 1.54) is 6.07 Å². The lowest BCUT2D eigenvalue weighted by atomic mass is 10.2. The van der Waals surface area contributed by atoms with Crippen molar-refractivity contribution in [3.63, 3.8) is 0 Å². The highest BCUT2D eigenvalue weighted by molar-refractivity contribution is 14.0. The van der Waals surface area contributed by atoms with Gasteiger partial charge in [-0.25, -0.2) is 14.4 Å². The summed E-state index contributed by atoms with van der Waals surface area (Å²) in [4.78, 5) is 12.2. The van der Waals surface area contributed by atoms with Crippen LogP contribution < -0.4 is 10.6 Å². The number of imidazole rings is 1. The van der Waals surface area contributed by atoms with Gasteiger partial charge in [-0.2, -0.15) is 0 Å². The maximum Gasteiger partial charge on any atom is 0.191 e. The summed E-state index contributed by atoms with van der Waals surface area (Å²) < 4.78 is 15.9. The van der Waals surface area contributed by atoms with Crippen LogP contribution in [-0.2, 0) is 13.0 Å². The van der Waals surface area contributed by atoms with Crippen LogP contribution in [0.25, 0.3) is 5.69 Å². The number of nitrogens with one attached hydrogen (secondary N) is 2. The molecule has 0 aliphatic carbocycles. The molecule has 0 spiro atoms. The maximum atomic E-state index is 14.3. The lowest BCUT2D eigenvalue weighted by Gasteiger charge is -2.13. The second-order valence-electron chi connectivity index (χ2n) is 5.85. The zero-order valence-corrected chi connectivity index (χ0v) is 18.4. The van der Waals surface area contributed by atoms with E-state index >= 15 is 0 Å². The van der Waals surface area contributed by atoms with Gasteiger partial charge in [0.1, 0.15) is 11.0 Å². The van der Waals surface area contributed by atoms with Gasteiger partial charge in [-0.3, -0.25) is 4.99 Å². The average Bonchev–Trinajstić information content (AvgIpc) is 3.20. The van der Waals surface area contributed by atoms with Crippen molar-refractivity contribution in [1.29, 1.82) is 0 Å². The molecule has 0 atom stereocenters. The van der Waals surface area contributed by atoms with Crippen LogP contribution in [0, 0.1) is 5.82 Å². The van der Waals surface area contributed by atoms with Crippen LogP contribution in [0.1, 0.15) is 11.1 Å². The van der Waals surface area contributed by atoms with Gasteiger partial charge >= 0.3 is 0 Å². The molecule has 0 bridgehead atoms. The fourth-order valence-corrected chi connectivity index (χ4v) is 2.67. The van der Waals surface area contributed by atoms with E-state index in [2.05, 4.69) is 25.6 Å². The van der Waals surface area contributed by atoms with Crippen molar-refractivity contribution in [2.24, 2.45) is 4.99 Å². The van der Waals surface area contributed by atoms with E-state index in [4.69, 9.17) is 11.6 Å². The molecule has 6 nitrogen and oxygen atoms in total. The molecule has 3 rings (SSSR count). The number of hydrogen-bond acceptors (Lipinski definition) is 3. The zero-order chi connectivity index (χ0) is 19.1. The van der Waals surface area contributed by atoms with Crippen molar-refractivity contribution in [3.05, 3.63) is 77.3 Å². The quantitative estimate of drug-likeness (QED) is 0.228. The molecule has 0 aliphatic heterocycles. The van der Waals surface area contributed by atoms with Gasteiger partial charge in [-0.1, -0.05) is 23.7 Å². The number of hydrogen-bond donors (Lipinski definition) is 2. The maximum absolute atomic E-state index is 14.3. The minimum Gasteiger partial charge on any atom is -0.356 e. The first-order chi connectivity index (χ1) is 13.2. The molecule has 0 saturated heterocycles. The van der Waals surface area contributed by atoms with Crippen LogP contribution in [-0.4, -0.2) is 34.1 Å². The van der Waals surface area contributed by atoms with Crippen LogP contribution in [0.3, 0.4) is 0 Å². The largest absolute Gasteiger partial charge is 0.356 e. The first kappa shape index (κ1) is 22.1. The van der Waals surface area contributed by atoms with Crippen LogP contribution in [0.4, 0.5) is 4.39 Å². The summed E-state index contributed by atoms with van der Waals surface area (Å²) in [7, 11) is 1.70. The van der Waals surface area contributed by atoms with Crippen molar-refractivity contribution in [1.82, 2.24) is 25.2 Å². The van der Waals surface area contributed by atoms with E-state index in [0.717, 1.165) is 17.5 Å². The minimum atomic E-state index is -0.300. The Kier molecular flexibility index (Phi) is 8.65. The van der Waals surface area contributed by atoms with Gasteiger partial charge in [-0.15, -0.1) is 24.0 Å². The first-order valence-electron chi connectivity index (χ1n) is 8.47. The molecule has 0 aliphatic rings. The van der Waals surface area contributed by atoms with E-state index in [1.54, 1.807) is 48.7 Å². The number of nitrogens with zero attached hydrogens (tertiary/aromatic N) is 4. The molecule has 9 heteroatoms. The van der Waals surface area contributed by atoms with Crippen molar-refractivity contribution >= 4 is 41.5 Å². The molecule has 0 unspecified atom stereocenters. The Balaban J connectivity index is 0.00000280. The highest BCUT2D eigenvalue weighted by Gasteiger charge is 2.06. The fraction of sp³-hybridized carbons (Fsp3) is 0.211. The molecule has 0 fully saturated rings. The minimum absolute atomic E-state index is 0. The number of aromatic nitrogens is 3. The van der Waals surface area contributed by atoms with Gasteiger partial charge < -0.3 is 15.2 Å². The van der Waals surface area contributed by atoms with Crippen molar-refractivity contribution in [2.75, 3.05) is 13.6 Å². The van der Waals surface area contributed by atoms with Gasteiger partial charge in [-0.05, 0) is 35.7 Å². The van der Waals surface area contributed by atoms with Crippen LogP contribution in [0.5, 0.6) is 0 Å². The summed E-state index contributed by atoms with van der Waals surface area (Å²) in [6.45, 7) is 1.15. The van der Waals surface area contributed by atoms with Gasteiger partial charge in [0.2, 0.25) is 0 Å². The van der Waals surface area contributed by atoms with Crippen LogP contribution >= 0.6 is 35.6 Å². The summed E-state index contributed by atoms with van der Waals surface area (Å²) >= 11 is 5.78. The summed E-state index contributed by atoms with van der Waals surface area (Å²) in [5.41, 5.74) is 2.37. The summed E-state index contributed by atoms with van der Waals surface area (Å²) in [5, 5.41) is 6.88. The Labute approximate surface area is 185 Å². The molecule has 3 aromatic rings. The van der Waals surface area contributed by atoms with E-state index in [9.17, 15) is 4.39 Å². The smallest absolute Gasteiger partial charge is 0.191 e. The van der Waals surface area contributed by atoms with E-state index < -0.39 is 0 Å². The summed E-state index contributed by atoms with van der Waals surface area (Å²) in [6.07, 6.45) is 7.44. The lowest BCUT2D eigenvalue weighted by molar-refractivity contribution is 0.615. The molecule has 2 N–H and O–H groups in total. The molecule has 28 heavy (non-hydrogen) atoms. The highest BCUT2D eigenvalue weighted by Crippen LogP contribution is 2.14. The topological polar surface area (TPSA) is 67.1 Å². The van der Waals surface area contributed by atoms with Gasteiger partial charge in [0.15, 0.2) is 5.96 Å². The zero-order valence-electron chi connectivity index (χ0n) is 15.3. The number of aliphatic imine (C=N–C) groups is 1. The van der Waals surface area contributed by atoms with E-state index in [0.29, 0.717) is 29.9 Å². The molecule has 0 amide bonds. The molecule has 1 aromatic carbocycles. The van der Waals surface area contributed by atoms with E-state index in [-0.39, 0.29) is 29.8 Å². The number of pyridine rings is 1. The predicted octanol–water partition coefficient (Wildman–Crippen LogP) is 3.59. The standard InChI is InChI=1S/C19H20ClFN6.HI/c1-22-19(24-7-6-14-3-5-18(20)25-11-14)26-12-15-2-4-17(16(21)10-15)27-9-8-23-13-27;/h2-5,8-11,13H,6-7,12H2,1H3,(H2,22,24,26);1H. The number of guanidine groups is 1. The second kappa shape index (κ2) is 11.0. The molecular weight excluding hydrogens is 494 g/mol. The van der Waals surface area contributed by atoms with Crippen molar-refractivity contribution in [2.45, 2.75) is 13.0 Å². The lowest BCUT2D eigenvalue weighted by Crippen LogP contribution is -2.37. The Hall–Kier alpha value is -2.20. The molecule has 0 radical (unpaired) electrons. The normalized spacial score (nSPS) is 11.0. The SMILES string of the molecule is CN=C(NCCc1ccc(Cl)nc1)NCc1ccc(-n2ccnc2)c(F)c1.I. The average molecular weight is 515 g/mol. The van der Waals surface area contributed by atoms with Gasteiger partial charge in [0.05, 0.1) is 12.0 Å². The number of rotatable bonds is 6. The van der Waals surface area contributed by atoms with Gasteiger partial charge in [0.25, 0.3) is 0 Å². The Bertz CT molecular complexity index is 899. The predicted molar refractivity (Wildman–Crippen MR) is 120 cm³/mol. The highest BCUT2D eigenvalue weighted by atomic mass is 127.